The first-order valence-corrected chi connectivity index (χ1v) is 8.04. The zero-order valence-corrected chi connectivity index (χ0v) is 13.7. The van der Waals surface area contributed by atoms with E-state index in [9.17, 15) is 17.6 Å². The van der Waals surface area contributed by atoms with Crippen molar-refractivity contribution in [1.82, 2.24) is 13.9 Å². The molecule has 0 unspecified atom stereocenters. The van der Waals surface area contributed by atoms with Crippen LogP contribution in [0, 0.1) is 5.82 Å². The molecule has 0 spiro atoms. The zero-order valence-electron chi connectivity index (χ0n) is 12.1. The summed E-state index contributed by atoms with van der Waals surface area (Å²) < 4.78 is 38.9. The van der Waals surface area contributed by atoms with Crippen LogP contribution < -0.4 is 5.69 Å². The standard InChI is InChI=1S/C13H12ClFN4O3S/c1-18(2)8-16-12-11(15)7-19(13(20)17-12)23(21,22)10-5-3-9(14)4-6-10/h3-8H,1-2H3. The average molecular weight is 359 g/mol. The lowest BCUT2D eigenvalue weighted by Crippen LogP contribution is -2.29. The van der Waals surface area contributed by atoms with Crippen molar-refractivity contribution in [3.63, 3.8) is 0 Å². The fourth-order valence-corrected chi connectivity index (χ4v) is 2.87. The van der Waals surface area contributed by atoms with E-state index in [4.69, 9.17) is 11.6 Å². The third-order valence-corrected chi connectivity index (χ3v) is 4.52. The van der Waals surface area contributed by atoms with Crippen LogP contribution in [0.1, 0.15) is 0 Å². The Morgan fingerprint density at radius 3 is 2.48 bits per heavy atom. The first-order valence-electron chi connectivity index (χ1n) is 6.23. The van der Waals surface area contributed by atoms with Crippen molar-refractivity contribution in [2.45, 2.75) is 4.90 Å². The van der Waals surface area contributed by atoms with Crippen molar-refractivity contribution in [3.05, 3.63) is 51.8 Å². The van der Waals surface area contributed by atoms with E-state index in [0.29, 0.717) is 11.2 Å². The van der Waals surface area contributed by atoms with Crippen LogP contribution >= 0.6 is 11.6 Å². The normalized spacial score (nSPS) is 11.8. The lowest BCUT2D eigenvalue weighted by Gasteiger charge is -2.08. The summed E-state index contributed by atoms with van der Waals surface area (Å²) >= 11 is 5.69. The predicted molar refractivity (Wildman–Crippen MR) is 84.3 cm³/mol. The third-order valence-electron chi connectivity index (χ3n) is 2.62. The maximum atomic E-state index is 14.0. The van der Waals surface area contributed by atoms with Gasteiger partial charge in [0.15, 0.2) is 11.6 Å². The van der Waals surface area contributed by atoms with E-state index >= 15 is 0 Å². The van der Waals surface area contributed by atoms with Gasteiger partial charge in [-0.1, -0.05) is 11.6 Å². The molecule has 0 aliphatic heterocycles. The highest BCUT2D eigenvalue weighted by Gasteiger charge is 2.21. The number of aromatic nitrogens is 2. The Morgan fingerprint density at radius 1 is 1.30 bits per heavy atom. The molecule has 0 atom stereocenters. The molecular weight excluding hydrogens is 347 g/mol. The van der Waals surface area contributed by atoms with Crippen LogP contribution in [0.25, 0.3) is 0 Å². The smallest absolute Gasteiger partial charge is 0.363 e. The van der Waals surface area contributed by atoms with Crippen LogP contribution in [0.2, 0.25) is 5.02 Å². The van der Waals surface area contributed by atoms with Gasteiger partial charge in [-0.25, -0.2) is 22.6 Å². The molecular formula is C13H12ClFN4O3S. The van der Waals surface area contributed by atoms with Gasteiger partial charge in [-0.3, -0.25) is 0 Å². The highest BCUT2D eigenvalue weighted by atomic mass is 35.5. The van der Waals surface area contributed by atoms with Gasteiger partial charge in [0.05, 0.1) is 17.4 Å². The SMILES string of the molecule is CN(C)C=Nc1nc(=O)n(S(=O)(=O)c2ccc(Cl)cc2)cc1F. The van der Waals surface area contributed by atoms with Gasteiger partial charge in [0, 0.05) is 19.1 Å². The lowest BCUT2D eigenvalue weighted by molar-refractivity contribution is 0.571. The summed E-state index contributed by atoms with van der Waals surface area (Å²) in [5.41, 5.74) is -1.16. The van der Waals surface area contributed by atoms with Gasteiger partial charge >= 0.3 is 5.69 Å². The Hall–Kier alpha value is -2.26. The van der Waals surface area contributed by atoms with Gasteiger partial charge < -0.3 is 4.90 Å². The van der Waals surface area contributed by atoms with E-state index in [1.54, 1.807) is 14.1 Å². The fourth-order valence-electron chi connectivity index (χ4n) is 1.56. The number of rotatable bonds is 4. The first-order chi connectivity index (χ1) is 10.7. The molecule has 1 heterocycles. The van der Waals surface area contributed by atoms with Gasteiger partial charge in [0.1, 0.15) is 0 Å². The van der Waals surface area contributed by atoms with Crippen molar-refractivity contribution < 1.29 is 12.8 Å². The monoisotopic (exact) mass is 358 g/mol. The Kier molecular flexibility index (Phi) is 4.81. The quantitative estimate of drug-likeness (QED) is 0.610. The van der Waals surface area contributed by atoms with Crippen molar-refractivity contribution in [3.8, 4) is 0 Å². The Labute approximate surface area is 136 Å². The number of hydrogen-bond donors (Lipinski definition) is 0. The number of nitrogens with zero attached hydrogens (tertiary/aromatic N) is 4. The van der Waals surface area contributed by atoms with Crippen molar-refractivity contribution in [2.75, 3.05) is 14.1 Å². The summed E-state index contributed by atoms with van der Waals surface area (Å²) in [5.74, 6) is -1.54. The number of halogens is 2. The number of benzene rings is 1. The highest BCUT2D eigenvalue weighted by molar-refractivity contribution is 7.90. The highest BCUT2D eigenvalue weighted by Crippen LogP contribution is 2.17. The maximum absolute atomic E-state index is 14.0. The van der Waals surface area contributed by atoms with E-state index in [1.807, 2.05) is 0 Å². The maximum Gasteiger partial charge on any atom is 0.363 e. The van der Waals surface area contributed by atoms with Crippen molar-refractivity contribution in [1.29, 1.82) is 0 Å². The number of aliphatic imine (C=N–C) groups is 1. The molecule has 1 aromatic carbocycles. The minimum atomic E-state index is -4.28. The van der Waals surface area contributed by atoms with E-state index in [1.165, 1.54) is 35.5 Å². The molecule has 0 bridgehead atoms. The summed E-state index contributed by atoms with van der Waals surface area (Å²) in [7, 11) is -0.983. The van der Waals surface area contributed by atoms with Gasteiger partial charge in [-0.05, 0) is 24.3 Å². The van der Waals surface area contributed by atoms with Crippen molar-refractivity contribution >= 4 is 33.8 Å². The molecule has 0 aliphatic rings. The molecule has 7 nitrogen and oxygen atoms in total. The third kappa shape index (κ3) is 3.74. The van der Waals surface area contributed by atoms with Crippen molar-refractivity contribution in [2.24, 2.45) is 4.99 Å². The van der Waals surface area contributed by atoms with E-state index in [0.717, 1.165) is 0 Å². The molecule has 10 heteroatoms. The fraction of sp³-hybridized carbons (Fsp3) is 0.154. The molecule has 23 heavy (non-hydrogen) atoms. The van der Waals surface area contributed by atoms with E-state index in [2.05, 4.69) is 9.98 Å². The summed E-state index contributed by atoms with van der Waals surface area (Å²) in [6.45, 7) is 0. The molecule has 0 fully saturated rings. The van der Waals surface area contributed by atoms with Crippen LogP contribution in [-0.2, 0) is 10.0 Å². The Morgan fingerprint density at radius 2 is 1.91 bits per heavy atom. The molecule has 122 valence electrons. The minimum absolute atomic E-state index is 0.213. The molecule has 0 saturated carbocycles. The average Bonchev–Trinajstić information content (AvgIpc) is 2.48. The van der Waals surface area contributed by atoms with Gasteiger partial charge in [-0.2, -0.15) is 8.96 Å². The van der Waals surface area contributed by atoms with Gasteiger partial charge in [-0.15, -0.1) is 0 Å². The van der Waals surface area contributed by atoms with Crippen LogP contribution in [-0.4, -0.2) is 42.7 Å². The second kappa shape index (κ2) is 6.47. The van der Waals surface area contributed by atoms with Crippen LogP contribution in [0.3, 0.4) is 0 Å². The van der Waals surface area contributed by atoms with E-state index in [-0.39, 0.29) is 8.87 Å². The molecule has 0 N–H and O–H groups in total. The molecule has 0 radical (unpaired) electrons. The van der Waals surface area contributed by atoms with Crippen LogP contribution in [0.15, 0.2) is 45.1 Å². The lowest BCUT2D eigenvalue weighted by atomic mass is 10.4. The molecule has 2 rings (SSSR count). The Bertz CT molecular complexity index is 908. The zero-order chi connectivity index (χ0) is 17.2. The molecule has 2 aromatic rings. The van der Waals surface area contributed by atoms with E-state index < -0.39 is 27.3 Å². The topological polar surface area (TPSA) is 84.6 Å². The Balaban J connectivity index is 2.54. The number of hydrogen-bond acceptors (Lipinski definition) is 5. The predicted octanol–water partition coefficient (Wildman–Crippen LogP) is 1.49. The van der Waals surface area contributed by atoms with Gasteiger partial charge in [0.25, 0.3) is 10.0 Å². The molecule has 0 saturated heterocycles. The van der Waals surface area contributed by atoms with Crippen LogP contribution in [0.5, 0.6) is 0 Å². The summed E-state index contributed by atoms with van der Waals surface area (Å²) in [4.78, 5) is 20.2. The van der Waals surface area contributed by atoms with Gasteiger partial charge in [0.2, 0.25) is 0 Å². The minimum Gasteiger partial charge on any atom is -0.369 e. The molecule has 0 aliphatic carbocycles. The molecule has 0 amide bonds. The summed E-state index contributed by atoms with van der Waals surface area (Å²) in [6.07, 6.45) is 1.78. The second-order valence-electron chi connectivity index (χ2n) is 4.66. The summed E-state index contributed by atoms with van der Waals surface area (Å²) in [5, 5.41) is 0.328. The summed E-state index contributed by atoms with van der Waals surface area (Å²) in [6, 6.07) is 5.11. The largest absolute Gasteiger partial charge is 0.369 e. The first kappa shape index (κ1) is 17.1. The molecule has 1 aromatic heterocycles. The van der Waals surface area contributed by atoms with Crippen LogP contribution in [0.4, 0.5) is 10.2 Å². The second-order valence-corrected chi connectivity index (χ2v) is 6.91.